The van der Waals surface area contributed by atoms with Gasteiger partial charge in [-0.05, 0) is 44.1 Å². The lowest BCUT2D eigenvalue weighted by atomic mass is 9.74. The molecule has 2 heterocycles. The molecule has 4 aliphatic rings. The number of carbonyl (C=O) groups excluding carboxylic acids is 1. The predicted molar refractivity (Wildman–Crippen MR) is 110 cm³/mol. The van der Waals surface area contributed by atoms with E-state index in [1.807, 2.05) is 0 Å². The molecule has 2 aliphatic heterocycles. The lowest BCUT2D eigenvalue weighted by Gasteiger charge is -2.49. The first-order valence-corrected chi connectivity index (χ1v) is 11.5. The molecule has 2 saturated carbocycles. The van der Waals surface area contributed by atoms with Crippen molar-refractivity contribution in [2.45, 2.75) is 82.3 Å². The maximum atomic E-state index is 12.3. The first kappa shape index (κ1) is 20.4. The molecule has 6 nitrogen and oxygen atoms in total. The fourth-order valence-corrected chi connectivity index (χ4v) is 6.54. The van der Waals surface area contributed by atoms with Gasteiger partial charge in [-0.3, -0.25) is 4.84 Å². The van der Waals surface area contributed by atoms with E-state index in [2.05, 4.69) is 44.2 Å². The van der Waals surface area contributed by atoms with E-state index in [0.717, 1.165) is 25.7 Å². The topological polar surface area (TPSA) is 57.2 Å². The van der Waals surface area contributed by atoms with Gasteiger partial charge in [0.05, 0.1) is 18.8 Å². The van der Waals surface area contributed by atoms with Gasteiger partial charge in [-0.1, -0.05) is 55.3 Å². The number of nitrogens with zero attached hydrogens (tertiary/aromatic N) is 1. The van der Waals surface area contributed by atoms with Gasteiger partial charge in [0.25, 0.3) is 0 Å². The molecule has 1 aromatic rings. The number of methoxy groups -OCH3 is 1. The summed E-state index contributed by atoms with van der Waals surface area (Å²) < 4.78 is 11.7. The van der Waals surface area contributed by atoms with Crippen LogP contribution in [0.15, 0.2) is 30.3 Å². The molecule has 6 heteroatoms. The normalized spacial score (nSPS) is 43.4. The van der Waals surface area contributed by atoms with Crippen LogP contribution in [-0.4, -0.2) is 42.3 Å². The van der Waals surface area contributed by atoms with Gasteiger partial charge in [0.1, 0.15) is 0 Å². The minimum absolute atomic E-state index is 0.0881. The van der Waals surface area contributed by atoms with Crippen LogP contribution in [0.5, 0.6) is 0 Å². The molecule has 0 unspecified atom stereocenters. The van der Waals surface area contributed by atoms with Gasteiger partial charge in [-0.25, -0.2) is 9.63 Å². The molecular weight excluding hydrogens is 382 g/mol. The van der Waals surface area contributed by atoms with E-state index in [9.17, 15) is 4.79 Å². The standard InChI is InChI=1S/C24H33NO5/c1-15-18-13-14-19-21(22(26)27-3)29-25(24(18,19)2)30-23(15)28-20-12-8-7-11-17(20)16-9-5-4-6-10-16/h4-6,9-10,15,17-21,23H,7-8,11-14H2,1-3H3/t15-,17+,18+,19-,20-,21+,23+,24-/m1/s1. The molecule has 4 fully saturated rings. The number of hydrogen-bond acceptors (Lipinski definition) is 6. The lowest BCUT2D eigenvalue weighted by Crippen LogP contribution is -2.58. The summed E-state index contributed by atoms with van der Waals surface area (Å²) in [5.41, 5.74) is 1.03. The van der Waals surface area contributed by atoms with Crippen molar-refractivity contribution in [3.05, 3.63) is 35.9 Å². The summed E-state index contributed by atoms with van der Waals surface area (Å²) in [6.07, 6.45) is 5.76. The van der Waals surface area contributed by atoms with Gasteiger partial charge < -0.3 is 9.47 Å². The quantitative estimate of drug-likeness (QED) is 0.687. The van der Waals surface area contributed by atoms with E-state index in [1.54, 1.807) is 5.23 Å². The molecule has 8 atom stereocenters. The second-order valence-corrected chi connectivity index (χ2v) is 9.63. The Morgan fingerprint density at radius 2 is 1.80 bits per heavy atom. The molecule has 164 valence electrons. The van der Waals surface area contributed by atoms with Crippen LogP contribution in [-0.2, 0) is 23.9 Å². The molecule has 30 heavy (non-hydrogen) atoms. The van der Waals surface area contributed by atoms with Crippen molar-refractivity contribution in [1.82, 2.24) is 5.23 Å². The minimum Gasteiger partial charge on any atom is -0.467 e. The largest absolute Gasteiger partial charge is 0.467 e. The summed E-state index contributed by atoms with van der Waals surface area (Å²) in [5, 5.41) is 1.60. The van der Waals surface area contributed by atoms with Crippen molar-refractivity contribution in [3.8, 4) is 0 Å². The van der Waals surface area contributed by atoms with Crippen LogP contribution >= 0.6 is 0 Å². The van der Waals surface area contributed by atoms with E-state index in [1.165, 1.54) is 25.5 Å². The van der Waals surface area contributed by atoms with Crippen LogP contribution in [0.2, 0.25) is 0 Å². The zero-order valence-electron chi connectivity index (χ0n) is 18.2. The molecule has 1 aromatic carbocycles. The highest BCUT2D eigenvalue weighted by Crippen LogP contribution is 2.58. The molecular formula is C24H33NO5. The Morgan fingerprint density at radius 3 is 2.57 bits per heavy atom. The number of rotatable bonds is 4. The Labute approximate surface area is 178 Å². The summed E-state index contributed by atoms with van der Waals surface area (Å²) >= 11 is 0. The van der Waals surface area contributed by atoms with Crippen LogP contribution in [0.1, 0.15) is 63.9 Å². The number of hydrogen-bond donors (Lipinski definition) is 0. The number of carbonyl (C=O) groups is 1. The van der Waals surface area contributed by atoms with Crippen LogP contribution in [0, 0.1) is 17.8 Å². The molecule has 2 aliphatic carbocycles. The van der Waals surface area contributed by atoms with Crippen LogP contribution in [0.25, 0.3) is 0 Å². The van der Waals surface area contributed by atoms with E-state index in [4.69, 9.17) is 19.1 Å². The monoisotopic (exact) mass is 415 g/mol. The third-order valence-corrected chi connectivity index (χ3v) is 8.19. The second-order valence-electron chi connectivity index (χ2n) is 9.63. The smallest absolute Gasteiger partial charge is 0.337 e. The highest BCUT2D eigenvalue weighted by atomic mass is 17.0. The SMILES string of the molecule is COC(=O)[C@H]1ON2O[C@H](O[C@@H]3CCCC[C@H]3c3ccccc3)[C@H](C)[C@@H]3CC[C@H]1[C@@]32C. The number of benzene rings is 1. The number of esters is 1. The maximum absolute atomic E-state index is 12.3. The van der Waals surface area contributed by atoms with Crippen molar-refractivity contribution in [1.29, 1.82) is 0 Å². The first-order chi connectivity index (χ1) is 14.5. The summed E-state index contributed by atoms with van der Waals surface area (Å²) in [4.78, 5) is 24.6. The van der Waals surface area contributed by atoms with Gasteiger partial charge in [-0.15, -0.1) is 0 Å². The maximum Gasteiger partial charge on any atom is 0.337 e. The Balaban J connectivity index is 1.36. The minimum atomic E-state index is -0.595. The van der Waals surface area contributed by atoms with Gasteiger partial charge in [0.2, 0.25) is 0 Å². The lowest BCUT2D eigenvalue weighted by molar-refractivity contribution is -0.473. The third kappa shape index (κ3) is 3.11. The fourth-order valence-electron chi connectivity index (χ4n) is 6.54. The average Bonchev–Trinajstić information content (AvgIpc) is 3.27. The van der Waals surface area contributed by atoms with Crippen LogP contribution in [0.3, 0.4) is 0 Å². The van der Waals surface area contributed by atoms with Gasteiger partial charge in [0.15, 0.2) is 12.4 Å². The Hall–Kier alpha value is -1.47. The van der Waals surface area contributed by atoms with Crippen LogP contribution < -0.4 is 0 Å². The number of hydroxylamine groups is 2. The third-order valence-electron chi connectivity index (χ3n) is 8.19. The van der Waals surface area contributed by atoms with E-state index < -0.39 is 6.10 Å². The van der Waals surface area contributed by atoms with E-state index >= 15 is 0 Å². The molecule has 0 amide bonds. The van der Waals surface area contributed by atoms with Crippen molar-refractivity contribution in [2.75, 3.05) is 7.11 Å². The molecule has 0 bridgehead atoms. The summed E-state index contributed by atoms with van der Waals surface area (Å²) in [7, 11) is 1.42. The molecule has 0 spiro atoms. The van der Waals surface area contributed by atoms with Crippen LogP contribution in [0.4, 0.5) is 0 Å². The summed E-state index contributed by atoms with van der Waals surface area (Å²) in [6.45, 7) is 4.39. The predicted octanol–water partition coefficient (Wildman–Crippen LogP) is 4.21. The van der Waals surface area contributed by atoms with Crippen molar-refractivity contribution >= 4 is 5.97 Å². The average molecular weight is 416 g/mol. The highest BCUT2D eigenvalue weighted by molar-refractivity contribution is 5.75. The summed E-state index contributed by atoms with van der Waals surface area (Å²) in [6, 6.07) is 10.7. The zero-order chi connectivity index (χ0) is 20.9. The van der Waals surface area contributed by atoms with Gasteiger partial charge in [0, 0.05) is 17.8 Å². The molecule has 2 saturated heterocycles. The Morgan fingerprint density at radius 1 is 1.07 bits per heavy atom. The molecule has 0 N–H and O–H groups in total. The Kier molecular flexibility index (Phi) is 5.38. The number of ether oxygens (including phenoxy) is 2. The second kappa shape index (κ2) is 7.90. The zero-order valence-corrected chi connectivity index (χ0v) is 18.2. The molecule has 0 aromatic heterocycles. The Bertz CT molecular complexity index is 772. The van der Waals surface area contributed by atoms with Crippen molar-refractivity contribution in [2.24, 2.45) is 17.8 Å². The fraction of sp³-hybridized carbons (Fsp3) is 0.708. The summed E-state index contributed by atoms with van der Waals surface area (Å²) in [5.74, 6) is 0.749. The van der Waals surface area contributed by atoms with Gasteiger partial charge >= 0.3 is 5.97 Å². The van der Waals surface area contributed by atoms with Crippen molar-refractivity contribution < 1.29 is 23.9 Å². The van der Waals surface area contributed by atoms with Crippen molar-refractivity contribution in [3.63, 3.8) is 0 Å². The molecule has 5 rings (SSSR count). The first-order valence-electron chi connectivity index (χ1n) is 11.5. The van der Waals surface area contributed by atoms with Gasteiger partial charge in [-0.2, -0.15) is 0 Å². The molecule has 0 radical (unpaired) electrons. The highest BCUT2D eigenvalue weighted by Gasteiger charge is 2.67. The van der Waals surface area contributed by atoms with E-state index in [-0.39, 0.29) is 35.7 Å². The van der Waals surface area contributed by atoms with E-state index in [0.29, 0.717) is 11.8 Å².